The highest BCUT2D eigenvalue weighted by atomic mass is 16.5. The van der Waals surface area contributed by atoms with Crippen molar-refractivity contribution in [3.63, 3.8) is 0 Å². The molecule has 1 aliphatic rings. The standard InChI is InChI=1S/C21H27NO5/c1-6-26-20(23)17-12-22(14(3)4)13-18(21(24)27-7-2)19(17)15-9-8-10-16(11-15)25-5/h8-14,19H,6-7H2,1-5H3. The molecule has 0 unspecified atom stereocenters. The first kappa shape index (κ1) is 20.6. The molecule has 0 N–H and O–H groups in total. The number of hydrogen-bond donors (Lipinski definition) is 0. The number of nitrogens with zero attached hydrogens (tertiary/aromatic N) is 1. The van der Waals surface area contributed by atoms with E-state index in [2.05, 4.69) is 0 Å². The molecule has 1 aliphatic heterocycles. The maximum Gasteiger partial charge on any atom is 0.336 e. The lowest BCUT2D eigenvalue weighted by atomic mass is 9.83. The summed E-state index contributed by atoms with van der Waals surface area (Å²) in [5, 5.41) is 0. The van der Waals surface area contributed by atoms with Crippen LogP contribution in [-0.4, -0.2) is 43.2 Å². The highest BCUT2D eigenvalue weighted by molar-refractivity contribution is 5.98. The summed E-state index contributed by atoms with van der Waals surface area (Å²) in [6.07, 6.45) is 3.49. The van der Waals surface area contributed by atoms with Crippen LogP contribution < -0.4 is 4.74 Å². The Morgan fingerprint density at radius 3 is 2.04 bits per heavy atom. The second kappa shape index (κ2) is 9.26. The van der Waals surface area contributed by atoms with Crippen LogP contribution in [0.25, 0.3) is 0 Å². The van der Waals surface area contributed by atoms with Gasteiger partial charge in [0.2, 0.25) is 0 Å². The van der Waals surface area contributed by atoms with Gasteiger partial charge < -0.3 is 19.1 Å². The third kappa shape index (κ3) is 4.70. The summed E-state index contributed by atoms with van der Waals surface area (Å²) in [7, 11) is 1.57. The quantitative estimate of drug-likeness (QED) is 0.683. The molecule has 1 heterocycles. The SMILES string of the molecule is CCOC(=O)C1=CN(C(C)C)C=C(C(=O)OCC)C1c1cccc(OC)c1. The zero-order valence-corrected chi connectivity index (χ0v) is 16.5. The number of benzene rings is 1. The fourth-order valence-corrected chi connectivity index (χ4v) is 2.92. The molecule has 0 spiro atoms. The van der Waals surface area contributed by atoms with Crippen molar-refractivity contribution < 1.29 is 23.8 Å². The summed E-state index contributed by atoms with van der Waals surface area (Å²) in [5.41, 5.74) is 1.55. The number of rotatable bonds is 7. The molecule has 0 aromatic heterocycles. The molecule has 2 rings (SSSR count). The van der Waals surface area contributed by atoms with E-state index in [9.17, 15) is 9.59 Å². The van der Waals surface area contributed by atoms with Crippen molar-refractivity contribution in [1.29, 1.82) is 0 Å². The molecule has 1 aromatic rings. The van der Waals surface area contributed by atoms with Gasteiger partial charge in [0.05, 0.1) is 37.4 Å². The Labute approximate surface area is 160 Å². The van der Waals surface area contributed by atoms with Crippen molar-refractivity contribution >= 4 is 11.9 Å². The minimum atomic E-state index is -0.590. The molecular formula is C21H27NO5. The van der Waals surface area contributed by atoms with E-state index in [0.717, 1.165) is 5.56 Å². The van der Waals surface area contributed by atoms with Gasteiger partial charge in [-0.25, -0.2) is 9.59 Å². The second-order valence-electron chi connectivity index (χ2n) is 6.36. The van der Waals surface area contributed by atoms with E-state index in [1.54, 1.807) is 33.4 Å². The van der Waals surface area contributed by atoms with Crippen LogP contribution in [0.1, 0.15) is 39.2 Å². The third-order valence-electron chi connectivity index (χ3n) is 4.24. The molecule has 0 saturated heterocycles. The summed E-state index contributed by atoms with van der Waals surface area (Å²) in [6, 6.07) is 7.38. The molecule has 6 nitrogen and oxygen atoms in total. The molecule has 0 bridgehead atoms. The van der Waals surface area contributed by atoms with Gasteiger partial charge in [-0.3, -0.25) is 0 Å². The zero-order chi connectivity index (χ0) is 20.0. The van der Waals surface area contributed by atoms with Gasteiger partial charge in [0.1, 0.15) is 5.75 Å². The van der Waals surface area contributed by atoms with Gasteiger partial charge in [-0.15, -0.1) is 0 Å². The van der Waals surface area contributed by atoms with Crippen molar-refractivity contribution in [2.24, 2.45) is 0 Å². The number of carbonyl (C=O) groups excluding carboxylic acids is 2. The van der Waals surface area contributed by atoms with E-state index < -0.39 is 17.9 Å². The molecule has 0 saturated carbocycles. The van der Waals surface area contributed by atoms with Gasteiger partial charge in [-0.1, -0.05) is 12.1 Å². The Morgan fingerprint density at radius 1 is 1.04 bits per heavy atom. The monoisotopic (exact) mass is 373 g/mol. The van der Waals surface area contributed by atoms with Crippen LogP contribution in [-0.2, 0) is 19.1 Å². The number of carbonyl (C=O) groups is 2. The van der Waals surface area contributed by atoms with Crippen molar-refractivity contribution in [3.05, 3.63) is 53.4 Å². The van der Waals surface area contributed by atoms with Gasteiger partial charge in [0, 0.05) is 18.4 Å². The Bertz CT molecular complexity index is 715. The predicted molar refractivity (Wildman–Crippen MR) is 102 cm³/mol. The van der Waals surface area contributed by atoms with Gasteiger partial charge in [0.25, 0.3) is 0 Å². The first-order valence-corrected chi connectivity index (χ1v) is 9.11. The molecule has 0 radical (unpaired) electrons. The fraction of sp³-hybridized carbons (Fsp3) is 0.429. The van der Waals surface area contributed by atoms with Crippen molar-refractivity contribution in [3.8, 4) is 5.75 Å². The van der Waals surface area contributed by atoms with Crippen molar-refractivity contribution in [1.82, 2.24) is 4.90 Å². The highest BCUT2D eigenvalue weighted by Gasteiger charge is 2.36. The smallest absolute Gasteiger partial charge is 0.336 e. The maximum atomic E-state index is 12.7. The first-order valence-electron chi connectivity index (χ1n) is 9.11. The minimum absolute atomic E-state index is 0.0603. The number of methoxy groups -OCH3 is 1. The predicted octanol–water partition coefficient (Wildman–Crippen LogP) is 3.40. The second-order valence-corrected chi connectivity index (χ2v) is 6.36. The number of esters is 2. The van der Waals surface area contributed by atoms with Gasteiger partial charge >= 0.3 is 11.9 Å². The van der Waals surface area contributed by atoms with Crippen molar-refractivity contribution in [2.45, 2.75) is 39.7 Å². The largest absolute Gasteiger partial charge is 0.497 e. The molecule has 0 fully saturated rings. The highest BCUT2D eigenvalue weighted by Crippen LogP contribution is 2.38. The molecule has 6 heteroatoms. The third-order valence-corrected chi connectivity index (χ3v) is 4.24. The van der Waals surface area contributed by atoms with E-state index in [-0.39, 0.29) is 19.3 Å². The van der Waals surface area contributed by atoms with E-state index >= 15 is 0 Å². The Kier molecular flexibility index (Phi) is 7.05. The summed E-state index contributed by atoms with van der Waals surface area (Å²) in [4.78, 5) is 27.2. The average molecular weight is 373 g/mol. The average Bonchev–Trinajstić information content (AvgIpc) is 2.67. The van der Waals surface area contributed by atoms with E-state index in [0.29, 0.717) is 16.9 Å². The van der Waals surface area contributed by atoms with Crippen LogP contribution in [0.15, 0.2) is 47.8 Å². The van der Waals surface area contributed by atoms with Gasteiger partial charge in [-0.05, 0) is 45.4 Å². The van der Waals surface area contributed by atoms with E-state index in [1.807, 2.05) is 43.0 Å². The Hall–Kier alpha value is -2.76. The topological polar surface area (TPSA) is 65.1 Å². The molecular weight excluding hydrogens is 346 g/mol. The summed E-state index contributed by atoms with van der Waals surface area (Å²) < 4.78 is 15.8. The Balaban J connectivity index is 2.61. The number of hydrogen-bond acceptors (Lipinski definition) is 6. The van der Waals surface area contributed by atoms with Crippen LogP contribution in [0.4, 0.5) is 0 Å². The zero-order valence-electron chi connectivity index (χ0n) is 16.5. The summed E-state index contributed by atoms with van der Waals surface area (Å²) >= 11 is 0. The lowest BCUT2D eigenvalue weighted by molar-refractivity contribution is -0.139. The molecule has 146 valence electrons. The van der Waals surface area contributed by atoms with Crippen LogP contribution in [0.2, 0.25) is 0 Å². The first-order chi connectivity index (χ1) is 12.9. The molecule has 0 aliphatic carbocycles. The van der Waals surface area contributed by atoms with Crippen LogP contribution >= 0.6 is 0 Å². The van der Waals surface area contributed by atoms with Crippen molar-refractivity contribution in [2.75, 3.05) is 20.3 Å². The van der Waals surface area contributed by atoms with Gasteiger partial charge in [-0.2, -0.15) is 0 Å². The van der Waals surface area contributed by atoms with E-state index in [1.165, 1.54) is 0 Å². The summed E-state index contributed by atoms with van der Waals surface area (Å²) in [6.45, 7) is 7.96. The molecule has 0 atom stereocenters. The normalized spacial score (nSPS) is 14.5. The molecule has 27 heavy (non-hydrogen) atoms. The molecule has 0 amide bonds. The van der Waals surface area contributed by atoms with Gasteiger partial charge in [0.15, 0.2) is 0 Å². The maximum absolute atomic E-state index is 12.7. The minimum Gasteiger partial charge on any atom is -0.497 e. The summed E-state index contributed by atoms with van der Waals surface area (Å²) in [5.74, 6) is -0.852. The van der Waals surface area contributed by atoms with E-state index in [4.69, 9.17) is 14.2 Å². The van der Waals surface area contributed by atoms with Crippen LogP contribution in [0, 0.1) is 0 Å². The lowest BCUT2D eigenvalue weighted by Gasteiger charge is -2.32. The van der Waals surface area contributed by atoms with Crippen LogP contribution in [0.5, 0.6) is 5.75 Å². The number of ether oxygens (including phenoxy) is 3. The van der Waals surface area contributed by atoms with Crippen LogP contribution in [0.3, 0.4) is 0 Å². The molecule has 1 aromatic carbocycles. The lowest BCUT2D eigenvalue weighted by Crippen LogP contribution is -2.32. The Morgan fingerprint density at radius 2 is 1.59 bits per heavy atom. The fourth-order valence-electron chi connectivity index (χ4n) is 2.92.